The number of aliphatic hydroxyl groups excluding tert-OH is 2. The Hall–Kier alpha value is -3.71. The zero-order valence-corrected chi connectivity index (χ0v) is 21.2. The summed E-state index contributed by atoms with van der Waals surface area (Å²) in [4.78, 5) is 66.1. The van der Waals surface area contributed by atoms with Crippen LogP contribution >= 0.6 is 0 Å². The molecule has 0 aliphatic carbocycles. The highest BCUT2D eigenvalue weighted by Crippen LogP contribution is 2.25. The molecule has 0 radical (unpaired) electrons. The smallest absolute Gasteiger partial charge is 0.408 e. The highest BCUT2D eigenvalue weighted by molar-refractivity contribution is 5.95. The summed E-state index contributed by atoms with van der Waals surface area (Å²) in [7, 11) is 1.13. The number of alkyl carbamates (subject to hydrolysis) is 1. The Bertz CT molecular complexity index is 1010. The number of amides is 4. The van der Waals surface area contributed by atoms with Crippen molar-refractivity contribution in [3.8, 4) is 0 Å². The highest BCUT2D eigenvalue weighted by atomic mass is 16.5. The van der Waals surface area contributed by atoms with Crippen LogP contribution in [-0.4, -0.2) is 107 Å². The van der Waals surface area contributed by atoms with Gasteiger partial charge in [0.05, 0.1) is 20.3 Å². The van der Waals surface area contributed by atoms with Crippen molar-refractivity contribution >= 4 is 29.8 Å². The molecule has 13 nitrogen and oxygen atoms in total. The molecule has 0 spiro atoms. The Morgan fingerprint density at radius 2 is 1.55 bits per heavy atom. The SMILES string of the molecule is COC(=O)[C@H](CO)NC(=O)[C@@H]1CCCN1C(=O)[C@@H]1CCCN1C(=O)[C@H](CO)NC(=O)OCc1ccccc1. The van der Waals surface area contributed by atoms with Gasteiger partial charge in [0.25, 0.3) is 0 Å². The lowest BCUT2D eigenvalue weighted by Crippen LogP contribution is -2.58. The van der Waals surface area contributed by atoms with E-state index in [4.69, 9.17) is 4.74 Å². The first-order valence-corrected chi connectivity index (χ1v) is 12.5. The van der Waals surface area contributed by atoms with E-state index in [0.29, 0.717) is 25.7 Å². The molecule has 0 unspecified atom stereocenters. The van der Waals surface area contributed by atoms with E-state index in [-0.39, 0.29) is 19.7 Å². The van der Waals surface area contributed by atoms with Gasteiger partial charge in [-0.25, -0.2) is 9.59 Å². The number of likely N-dealkylation sites (tertiary alicyclic amines) is 2. The lowest BCUT2D eigenvalue weighted by molar-refractivity contribution is -0.149. The highest BCUT2D eigenvalue weighted by Gasteiger charge is 2.44. The average molecular weight is 535 g/mol. The van der Waals surface area contributed by atoms with Crippen molar-refractivity contribution < 1.29 is 43.7 Å². The minimum Gasteiger partial charge on any atom is -0.467 e. The van der Waals surface area contributed by atoms with Crippen LogP contribution in [0.5, 0.6) is 0 Å². The van der Waals surface area contributed by atoms with Crippen molar-refractivity contribution in [2.75, 3.05) is 33.4 Å². The largest absolute Gasteiger partial charge is 0.467 e. The molecule has 4 N–H and O–H groups in total. The second kappa shape index (κ2) is 13.7. The average Bonchev–Trinajstić information content (AvgIpc) is 3.63. The fourth-order valence-electron chi connectivity index (χ4n) is 4.66. The number of carbonyl (C=O) groups excluding carboxylic acids is 5. The first-order chi connectivity index (χ1) is 18.3. The van der Waals surface area contributed by atoms with Gasteiger partial charge < -0.3 is 40.1 Å². The maximum atomic E-state index is 13.5. The number of esters is 1. The molecule has 0 saturated carbocycles. The summed E-state index contributed by atoms with van der Waals surface area (Å²) in [5.74, 6) is -2.48. The first-order valence-electron chi connectivity index (χ1n) is 12.5. The standard InChI is InChI=1S/C25H34N4O9/c1-37-24(35)18(14-31)26-21(32)19-9-5-11-28(19)23(34)20-10-6-12-29(20)22(33)17(13-30)27-25(36)38-15-16-7-3-2-4-8-16/h2-4,7-8,17-20,30-31H,5-6,9-15H2,1H3,(H,26,32)(H,27,36)/t17-,18-,19-,20-/m0/s1. The Labute approximate surface area is 220 Å². The van der Waals surface area contributed by atoms with Crippen LogP contribution in [0.1, 0.15) is 31.2 Å². The van der Waals surface area contributed by atoms with Gasteiger partial charge in [-0.2, -0.15) is 0 Å². The minimum absolute atomic E-state index is 0.0185. The van der Waals surface area contributed by atoms with Crippen LogP contribution in [-0.2, 0) is 35.3 Å². The van der Waals surface area contributed by atoms with E-state index in [1.807, 2.05) is 6.07 Å². The van der Waals surface area contributed by atoms with Crippen molar-refractivity contribution in [2.45, 2.75) is 56.5 Å². The molecule has 208 valence electrons. The van der Waals surface area contributed by atoms with Gasteiger partial charge in [0, 0.05) is 13.1 Å². The van der Waals surface area contributed by atoms with E-state index in [9.17, 15) is 34.2 Å². The van der Waals surface area contributed by atoms with Crippen molar-refractivity contribution in [1.82, 2.24) is 20.4 Å². The number of methoxy groups -OCH3 is 1. The molecular weight excluding hydrogens is 500 g/mol. The molecule has 1 aromatic carbocycles. The number of hydrogen-bond donors (Lipinski definition) is 4. The fraction of sp³-hybridized carbons (Fsp3) is 0.560. The maximum absolute atomic E-state index is 13.5. The molecule has 2 aliphatic rings. The molecule has 2 heterocycles. The third kappa shape index (κ3) is 6.98. The third-order valence-electron chi connectivity index (χ3n) is 6.63. The van der Waals surface area contributed by atoms with E-state index < -0.39 is 67.2 Å². The summed E-state index contributed by atoms with van der Waals surface area (Å²) < 4.78 is 9.70. The molecule has 2 saturated heterocycles. The number of aliphatic hydroxyl groups is 2. The predicted molar refractivity (Wildman–Crippen MR) is 131 cm³/mol. The summed E-state index contributed by atoms with van der Waals surface area (Å²) in [6.45, 7) is -0.846. The number of hydrogen-bond acceptors (Lipinski definition) is 9. The number of carbonyl (C=O) groups is 5. The molecule has 2 aliphatic heterocycles. The van der Waals surface area contributed by atoms with Gasteiger partial charge in [0.2, 0.25) is 17.7 Å². The topological polar surface area (TPSA) is 175 Å². The number of rotatable bonds is 10. The molecule has 0 aromatic heterocycles. The quantitative estimate of drug-likeness (QED) is 0.272. The predicted octanol–water partition coefficient (Wildman–Crippen LogP) is -1.09. The van der Waals surface area contributed by atoms with Crippen LogP contribution in [0.3, 0.4) is 0 Å². The van der Waals surface area contributed by atoms with Crippen LogP contribution < -0.4 is 10.6 Å². The van der Waals surface area contributed by atoms with E-state index in [1.165, 1.54) is 9.80 Å². The molecule has 3 rings (SSSR count). The fourth-order valence-corrected chi connectivity index (χ4v) is 4.66. The summed E-state index contributed by atoms with van der Waals surface area (Å²) in [6, 6.07) is 4.63. The molecule has 13 heteroatoms. The number of nitrogens with zero attached hydrogens (tertiary/aromatic N) is 2. The van der Waals surface area contributed by atoms with E-state index in [1.54, 1.807) is 24.3 Å². The van der Waals surface area contributed by atoms with E-state index in [2.05, 4.69) is 15.4 Å². The van der Waals surface area contributed by atoms with Crippen LogP contribution in [0.4, 0.5) is 4.79 Å². The first kappa shape index (κ1) is 28.9. The Morgan fingerprint density at radius 3 is 2.18 bits per heavy atom. The maximum Gasteiger partial charge on any atom is 0.408 e. The van der Waals surface area contributed by atoms with E-state index in [0.717, 1.165) is 12.7 Å². The van der Waals surface area contributed by atoms with Gasteiger partial charge in [0.15, 0.2) is 6.04 Å². The van der Waals surface area contributed by atoms with E-state index >= 15 is 0 Å². The van der Waals surface area contributed by atoms with Crippen LogP contribution in [0.15, 0.2) is 30.3 Å². The van der Waals surface area contributed by atoms with Gasteiger partial charge >= 0.3 is 12.1 Å². The molecule has 1 aromatic rings. The summed E-state index contributed by atoms with van der Waals surface area (Å²) in [5.41, 5.74) is 0.751. The van der Waals surface area contributed by atoms with Gasteiger partial charge in [-0.1, -0.05) is 30.3 Å². The molecule has 4 atom stereocenters. The molecule has 0 bridgehead atoms. The van der Waals surface area contributed by atoms with Gasteiger partial charge in [0.1, 0.15) is 24.7 Å². The third-order valence-corrected chi connectivity index (χ3v) is 6.63. The Balaban J connectivity index is 1.61. The van der Waals surface area contributed by atoms with Crippen LogP contribution in [0.2, 0.25) is 0 Å². The van der Waals surface area contributed by atoms with Crippen molar-refractivity contribution in [3.05, 3.63) is 35.9 Å². The van der Waals surface area contributed by atoms with Gasteiger partial charge in [-0.05, 0) is 31.2 Å². The van der Waals surface area contributed by atoms with Gasteiger partial charge in [-0.15, -0.1) is 0 Å². The Morgan fingerprint density at radius 1 is 0.921 bits per heavy atom. The lowest BCUT2D eigenvalue weighted by atomic mass is 10.1. The second-order valence-electron chi connectivity index (χ2n) is 9.09. The minimum atomic E-state index is -1.31. The number of benzene rings is 1. The van der Waals surface area contributed by atoms with Crippen LogP contribution in [0, 0.1) is 0 Å². The monoisotopic (exact) mass is 534 g/mol. The molecular formula is C25H34N4O9. The summed E-state index contributed by atoms with van der Waals surface area (Å²) in [6.07, 6.45) is 0.890. The second-order valence-corrected chi connectivity index (χ2v) is 9.09. The molecule has 4 amide bonds. The number of nitrogens with one attached hydrogen (secondary N) is 2. The molecule has 38 heavy (non-hydrogen) atoms. The number of ether oxygens (including phenoxy) is 2. The Kier molecular flexibility index (Phi) is 10.4. The zero-order chi connectivity index (χ0) is 27.7. The summed E-state index contributed by atoms with van der Waals surface area (Å²) in [5, 5.41) is 23.9. The van der Waals surface area contributed by atoms with Crippen molar-refractivity contribution in [2.24, 2.45) is 0 Å². The van der Waals surface area contributed by atoms with Crippen molar-refractivity contribution in [3.63, 3.8) is 0 Å². The van der Waals surface area contributed by atoms with Crippen LogP contribution in [0.25, 0.3) is 0 Å². The van der Waals surface area contributed by atoms with Crippen molar-refractivity contribution in [1.29, 1.82) is 0 Å². The summed E-state index contributed by atoms with van der Waals surface area (Å²) >= 11 is 0. The van der Waals surface area contributed by atoms with Gasteiger partial charge in [-0.3, -0.25) is 14.4 Å². The zero-order valence-electron chi connectivity index (χ0n) is 21.2. The normalized spacial score (nSPS) is 20.4. The molecule has 2 fully saturated rings. The lowest BCUT2D eigenvalue weighted by Gasteiger charge is -2.32.